The summed E-state index contributed by atoms with van der Waals surface area (Å²) in [5.41, 5.74) is 2.39. The molecule has 0 unspecified atom stereocenters. The van der Waals surface area contributed by atoms with Crippen LogP contribution in [0.25, 0.3) is 5.57 Å². The summed E-state index contributed by atoms with van der Waals surface area (Å²) in [6.45, 7) is 1.88. The molecule has 0 saturated carbocycles. The third-order valence-electron chi connectivity index (χ3n) is 2.73. The molecule has 0 radical (unpaired) electrons. The van der Waals surface area contributed by atoms with E-state index in [1.807, 2.05) is 12.3 Å². The molecule has 1 aliphatic heterocycles. The lowest BCUT2D eigenvalue weighted by atomic mass is 10.0. The molecule has 17 heavy (non-hydrogen) atoms. The maximum Gasteiger partial charge on any atom is 0.150 e. The predicted molar refractivity (Wildman–Crippen MR) is 67.3 cm³/mol. The molecule has 1 fully saturated rings. The van der Waals surface area contributed by atoms with Crippen molar-refractivity contribution in [3.63, 3.8) is 0 Å². The van der Waals surface area contributed by atoms with Crippen molar-refractivity contribution in [2.75, 3.05) is 11.5 Å². The first-order chi connectivity index (χ1) is 8.02. The Bertz CT molecular complexity index is 590. The molecule has 1 saturated heterocycles. The smallest absolute Gasteiger partial charge is 0.150 e. The minimum Gasteiger partial charge on any atom is -0.241 e. The largest absolute Gasteiger partial charge is 0.241 e. The van der Waals surface area contributed by atoms with Crippen LogP contribution in [0.15, 0.2) is 11.0 Å². The number of sulfone groups is 1. The lowest BCUT2D eigenvalue weighted by Crippen LogP contribution is -2.18. The first-order valence-electron chi connectivity index (χ1n) is 5.27. The summed E-state index contributed by atoms with van der Waals surface area (Å²) < 4.78 is 22.7. The highest BCUT2D eigenvalue weighted by Crippen LogP contribution is 2.28. The van der Waals surface area contributed by atoms with E-state index < -0.39 is 9.84 Å². The van der Waals surface area contributed by atoms with Gasteiger partial charge in [-0.15, -0.1) is 11.3 Å². The second-order valence-electron chi connectivity index (χ2n) is 4.04. The maximum absolute atomic E-state index is 11.3. The summed E-state index contributed by atoms with van der Waals surface area (Å²) in [5.74, 6) is 0.301. The summed E-state index contributed by atoms with van der Waals surface area (Å²) in [4.78, 5) is 4.28. The van der Waals surface area contributed by atoms with Crippen LogP contribution < -0.4 is 0 Å². The molecule has 0 aromatic carbocycles. The molecule has 1 aromatic heterocycles. The highest BCUT2D eigenvalue weighted by atomic mass is 32.2. The van der Waals surface area contributed by atoms with E-state index >= 15 is 0 Å². The molecule has 1 aromatic rings. The predicted octanol–water partition coefficient (Wildman–Crippen LogP) is 1.94. The molecule has 2 rings (SSSR count). The van der Waals surface area contributed by atoms with Crippen molar-refractivity contribution in [1.29, 1.82) is 5.26 Å². The van der Waals surface area contributed by atoms with Gasteiger partial charge in [-0.2, -0.15) is 5.26 Å². The maximum atomic E-state index is 11.3. The Morgan fingerprint density at radius 2 is 2.12 bits per heavy atom. The third kappa shape index (κ3) is 2.73. The standard InChI is InChI=1S/C11H12N2O2S2/c1-8-7-16-11(13-8)10(6-12)9-2-4-17(14,15)5-3-9/h7H,2-5H2,1H3. The van der Waals surface area contributed by atoms with E-state index in [9.17, 15) is 13.7 Å². The molecule has 0 N–H and O–H groups in total. The molecular weight excluding hydrogens is 256 g/mol. The Balaban J connectivity index is 2.34. The van der Waals surface area contributed by atoms with Crippen LogP contribution in [0, 0.1) is 18.3 Å². The number of thiazole rings is 1. The van der Waals surface area contributed by atoms with Gasteiger partial charge in [-0.3, -0.25) is 0 Å². The van der Waals surface area contributed by atoms with E-state index in [4.69, 9.17) is 0 Å². The van der Waals surface area contributed by atoms with Crippen molar-refractivity contribution < 1.29 is 8.42 Å². The number of hydrogen-bond donors (Lipinski definition) is 0. The van der Waals surface area contributed by atoms with E-state index in [1.165, 1.54) is 11.3 Å². The lowest BCUT2D eigenvalue weighted by Gasteiger charge is -2.15. The van der Waals surface area contributed by atoms with Gasteiger partial charge in [0.15, 0.2) is 9.84 Å². The molecule has 2 heterocycles. The molecule has 6 heteroatoms. The highest BCUT2D eigenvalue weighted by Gasteiger charge is 2.22. The van der Waals surface area contributed by atoms with Crippen molar-refractivity contribution in [2.45, 2.75) is 19.8 Å². The van der Waals surface area contributed by atoms with Gasteiger partial charge in [-0.1, -0.05) is 0 Å². The van der Waals surface area contributed by atoms with Crippen LogP contribution in [0.3, 0.4) is 0 Å². The molecule has 0 spiro atoms. The molecular formula is C11H12N2O2S2. The Kier molecular flexibility index (Phi) is 3.31. The fourth-order valence-corrected chi connectivity index (χ4v) is 3.94. The quantitative estimate of drug-likeness (QED) is 0.730. The monoisotopic (exact) mass is 268 g/mol. The van der Waals surface area contributed by atoms with Gasteiger partial charge in [0, 0.05) is 11.1 Å². The fourth-order valence-electron chi connectivity index (χ4n) is 1.78. The third-order valence-corrected chi connectivity index (χ3v) is 5.36. The van der Waals surface area contributed by atoms with Crippen LogP contribution >= 0.6 is 11.3 Å². The average Bonchev–Trinajstić information content (AvgIpc) is 2.68. The number of allylic oxidation sites excluding steroid dienone is 2. The zero-order chi connectivity index (χ0) is 12.5. The zero-order valence-electron chi connectivity index (χ0n) is 9.43. The van der Waals surface area contributed by atoms with Crippen LogP contribution in [0.5, 0.6) is 0 Å². The number of aromatic nitrogens is 1. The van der Waals surface area contributed by atoms with Crippen molar-refractivity contribution in [3.05, 3.63) is 21.7 Å². The van der Waals surface area contributed by atoms with Crippen molar-refractivity contribution >= 4 is 26.7 Å². The van der Waals surface area contributed by atoms with Gasteiger partial charge < -0.3 is 0 Å². The molecule has 0 atom stereocenters. The summed E-state index contributed by atoms with van der Waals surface area (Å²) in [7, 11) is -2.89. The Labute approximate surface area is 105 Å². The van der Waals surface area contributed by atoms with Crippen LogP contribution in [-0.4, -0.2) is 24.9 Å². The Morgan fingerprint density at radius 3 is 2.59 bits per heavy atom. The van der Waals surface area contributed by atoms with Gasteiger partial charge in [0.2, 0.25) is 0 Å². The topological polar surface area (TPSA) is 70.8 Å². The summed E-state index contributed by atoms with van der Waals surface area (Å²) in [6.07, 6.45) is 0.924. The number of aryl methyl sites for hydroxylation is 1. The Morgan fingerprint density at radius 1 is 1.47 bits per heavy atom. The van der Waals surface area contributed by atoms with E-state index in [-0.39, 0.29) is 11.5 Å². The minimum atomic E-state index is -2.89. The van der Waals surface area contributed by atoms with E-state index in [0.29, 0.717) is 23.4 Å². The van der Waals surface area contributed by atoms with E-state index in [1.54, 1.807) is 0 Å². The van der Waals surface area contributed by atoms with Crippen LogP contribution in [0.4, 0.5) is 0 Å². The summed E-state index contributed by atoms with van der Waals surface area (Å²) in [5, 5.41) is 11.8. The first kappa shape index (κ1) is 12.3. The van der Waals surface area contributed by atoms with Gasteiger partial charge in [-0.25, -0.2) is 13.4 Å². The van der Waals surface area contributed by atoms with Crippen LogP contribution in [0.2, 0.25) is 0 Å². The number of rotatable bonds is 1. The number of nitrogens with zero attached hydrogens (tertiary/aromatic N) is 2. The molecule has 0 amide bonds. The second kappa shape index (κ2) is 4.59. The summed E-state index contributed by atoms with van der Waals surface area (Å²) >= 11 is 1.43. The van der Waals surface area contributed by atoms with Crippen molar-refractivity contribution in [3.8, 4) is 6.07 Å². The van der Waals surface area contributed by atoms with Crippen molar-refractivity contribution in [1.82, 2.24) is 4.98 Å². The summed E-state index contributed by atoms with van der Waals surface area (Å²) in [6, 6.07) is 2.16. The van der Waals surface area contributed by atoms with Gasteiger partial charge in [0.05, 0.1) is 17.1 Å². The van der Waals surface area contributed by atoms with Gasteiger partial charge in [0.25, 0.3) is 0 Å². The van der Waals surface area contributed by atoms with Gasteiger partial charge in [0.1, 0.15) is 11.1 Å². The van der Waals surface area contributed by atoms with Crippen LogP contribution in [-0.2, 0) is 9.84 Å². The molecule has 0 bridgehead atoms. The molecule has 0 aliphatic carbocycles. The first-order valence-corrected chi connectivity index (χ1v) is 7.97. The minimum absolute atomic E-state index is 0.151. The highest BCUT2D eigenvalue weighted by molar-refractivity contribution is 7.91. The van der Waals surface area contributed by atoms with Gasteiger partial charge in [-0.05, 0) is 25.3 Å². The SMILES string of the molecule is Cc1csc(C(C#N)=C2CCS(=O)(=O)CC2)n1. The van der Waals surface area contributed by atoms with E-state index in [0.717, 1.165) is 11.3 Å². The van der Waals surface area contributed by atoms with Crippen molar-refractivity contribution in [2.24, 2.45) is 0 Å². The molecule has 4 nitrogen and oxygen atoms in total. The second-order valence-corrected chi connectivity index (χ2v) is 7.20. The van der Waals surface area contributed by atoms with Gasteiger partial charge >= 0.3 is 0 Å². The normalized spacial score (nSPS) is 18.7. The number of hydrogen-bond acceptors (Lipinski definition) is 5. The van der Waals surface area contributed by atoms with E-state index in [2.05, 4.69) is 11.1 Å². The van der Waals surface area contributed by atoms with Crippen LogP contribution in [0.1, 0.15) is 23.5 Å². The molecule has 90 valence electrons. The number of nitriles is 1. The fraction of sp³-hybridized carbons (Fsp3) is 0.455. The molecule has 1 aliphatic rings. The average molecular weight is 268 g/mol. The lowest BCUT2D eigenvalue weighted by molar-refractivity contribution is 0.589. The zero-order valence-corrected chi connectivity index (χ0v) is 11.1. The Hall–Kier alpha value is -1.19.